The number of nitrogens with one attached hydrogen (secondary N) is 2. The molecule has 2 N–H and O–H groups in total. The number of hydrogen-bond acceptors (Lipinski definition) is 5. The Balaban J connectivity index is 1.85. The van der Waals surface area contributed by atoms with Crippen molar-refractivity contribution in [3.8, 4) is 11.4 Å². The summed E-state index contributed by atoms with van der Waals surface area (Å²) in [5.74, 6) is 2.15. The minimum Gasteiger partial charge on any atom is -0.385 e. The normalized spacial score (nSPS) is 10.5. The smallest absolute Gasteiger partial charge is 0.163 e. The molecule has 0 saturated heterocycles. The molecule has 3 aromatic rings. The number of halogens is 1. The first-order valence-corrected chi connectivity index (χ1v) is 8.82. The summed E-state index contributed by atoms with van der Waals surface area (Å²) in [5.41, 5.74) is 1.88. The van der Waals surface area contributed by atoms with E-state index >= 15 is 0 Å². The van der Waals surface area contributed by atoms with Crippen LogP contribution in [0.25, 0.3) is 11.4 Å². The Labute approximate surface area is 158 Å². The van der Waals surface area contributed by atoms with Gasteiger partial charge in [-0.3, -0.25) is 0 Å². The monoisotopic (exact) mass is 368 g/mol. The summed E-state index contributed by atoms with van der Waals surface area (Å²) in [5, 5.41) is 7.34. The van der Waals surface area contributed by atoms with E-state index in [4.69, 9.17) is 16.3 Å². The fourth-order valence-corrected chi connectivity index (χ4v) is 2.56. The molecule has 0 aliphatic carbocycles. The maximum atomic E-state index is 5.95. The third-order valence-electron chi connectivity index (χ3n) is 3.71. The number of aromatic nitrogens is 2. The molecule has 0 aliphatic heterocycles. The highest BCUT2D eigenvalue weighted by Crippen LogP contribution is 2.23. The van der Waals surface area contributed by atoms with Crippen LogP contribution < -0.4 is 10.6 Å². The van der Waals surface area contributed by atoms with E-state index in [0.29, 0.717) is 17.5 Å². The number of hydrogen-bond donors (Lipinski definition) is 2. The Hall–Kier alpha value is -2.63. The summed E-state index contributed by atoms with van der Waals surface area (Å²) >= 11 is 5.95. The van der Waals surface area contributed by atoms with Crippen LogP contribution in [0.4, 0.5) is 17.3 Å². The molecule has 5 nitrogen and oxygen atoms in total. The van der Waals surface area contributed by atoms with Crippen molar-refractivity contribution in [1.29, 1.82) is 0 Å². The highest BCUT2D eigenvalue weighted by atomic mass is 35.5. The zero-order chi connectivity index (χ0) is 18.2. The first-order valence-electron chi connectivity index (χ1n) is 8.44. The Kier molecular flexibility index (Phi) is 6.41. The van der Waals surface area contributed by atoms with Crippen LogP contribution in [0.3, 0.4) is 0 Å². The molecular formula is C20H21ClN4O. The van der Waals surface area contributed by atoms with Crippen LogP contribution >= 0.6 is 11.6 Å². The summed E-state index contributed by atoms with van der Waals surface area (Å²) in [4.78, 5) is 9.28. The summed E-state index contributed by atoms with van der Waals surface area (Å²) in [6.07, 6.45) is 0.904. The van der Waals surface area contributed by atoms with Gasteiger partial charge in [0.05, 0.1) is 0 Å². The van der Waals surface area contributed by atoms with Crippen LogP contribution in [0.15, 0.2) is 60.7 Å². The van der Waals surface area contributed by atoms with E-state index in [9.17, 15) is 0 Å². The Bertz CT molecular complexity index is 825. The van der Waals surface area contributed by atoms with Crippen LogP contribution in [0.5, 0.6) is 0 Å². The molecule has 0 saturated carbocycles. The summed E-state index contributed by atoms with van der Waals surface area (Å²) in [7, 11) is 1.70. The predicted octanol–water partition coefficient (Wildman–Crippen LogP) is 4.99. The predicted molar refractivity (Wildman–Crippen MR) is 107 cm³/mol. The lowest BCUT2D eigenvalue weighted by atomic mass is 10.2. The third kappa shape index (κ3) is 5.18. The molecule has 0 radical (unpaired) electrons. The van der Waals surface area contributed by atoms with E-state index in [-0.39, 0.29) is 0 Å². The summed E-state index contributed by atoms with van der Waals surface area (Å²) in [6.45, 7) is 1.49. The maximum Gasteiger partial charge on any atom is 0.163 e. The van der Waals surface area contributed by atoms with Gasteiger partial charge in [0.15, 0.2) is 5.82 Å². The van der Waals surface area contributed by atoms with Crippen molar-refractivity contribution in [2.45, 2.75) is 6.42 Å². The molecule has 0 aliphatic rings. The van der Waals surface area contributed by atoms with Gasteiger partial charge in [-0.25, -0.2) is 9.97 Å². The van der Waals surface area contributed by atoms with Crippen molar-refractivity contribution in [3.05, 3.63) is 65.7 Å². The third-order valence-corrected chi connectivity index (χ3v) is 3.96. The van der Waals surface area contributed by atoms with Gasteiger partial charge in [-0.05, 0) is 30.7 Å². The standard InChI is InChI=1S/C20H21ClN4O/c1-26-13-5-12-22-18-14-19(23-17-10-8-16(21)9-11-17)25-20(24-18)15-6-3-2-4-7-15/h2-4,6-11,14H,5,12-13H2,1H3,(H2,22,23,24,25). The lowest BCUT2D eigenvalue weighted by Crippen LogP contribution is -2.08. The largest absolute Gasteiger partial charge is 0.385 e. The highest BCUT2D eigenvalue weighted by molar-refractivity contribution is 6.30. The van der Waals surface area contributed by atoms with Gasteiger partial charge < -0.3 is 15.4 Å². The fourth-order valence-electron chi connectivity index (χ4n) is 2.43. The molecule has 0 unspecified atom stereocenters. The van der Waals surface area contributed by atoms with E-state index in [2.05, 4.69) is 20.6 Å². The molecule has 0 spiro atoms. The molecule has 1 heterocycles. The molecule has 3 rings (SSSR count). The maximum absolute atomic E-state index is 5.95. The quantitative estimate of drug-likeness (QED) is 0.548. The van der Waals surface area contributed by atoms with E-state index < -0.39 is 0 Å². The zero-order valence-electron chi connectivity index (χ0n) is 14.6. The average Bonchev–Trinajstić information content (AvgIpc) is 2.68. The first kappa shape index (κ1) is 18.2. The molecule has 0 bridgehead atoms. The van der Waals surface area contributed by atoms with E-state index in [1.807, 2.05) is 60.7 Å². The SMILES string of the molecule is COCCCNc1cc(Nc2ccc(Cl)cc2)nc(-c2ccccc2)n1. The Morgan fingerprint density at radius 3 is 2.42 bits per heavy atom. The van der Waals surface area contributed by atoms with Gasteiger partial charge in [-0.1, -0.05) is 41.9 Å². The summed E-state index contributed by atoms with van der Waals surface area (Å²) < 4.78 is 5.09. The van der Waals surface area contributed by atoms with Crippen LogP contribution in [-0.2, 0) is 4.74 Å². The topological polar surface area (TPSA) is 59.1 Å². The molecular weight excluding hydrogens is 348 g/mol. The van der Waals surface area contributed by atoms with E-state index in [1.165, 1.54) is 0 Å². The van der Waals surface area contributed by atoms with Crippen molar-refractivity contribution in [3.63, 3.8) is 0 Å². The molecule has 1 aromatic heterocycles. The van der Waals surface area contributed by atoms with Crippen molar-refractivity contribution < 1.29 is 4.74 Å². The minimum absolute atomic E-state index is 0.666. The van der Waals surface area contributed by atoms with Gasteiger partial charge >= 0.3 is 0 Å². The lowest BCUT2D eigenvalue weighted by Gasteiger charge is -2.12. The van der Waals surface area contributed by atoms with Crippen molar-refractivity contribution in [2.24, 2.45) is 0 Å². The van der Waals surface area contributed by atoms with Crippen LogP contribution in [-0.4, -0.2) is 30.2 Å². The van der Waals surface area contributed by atoms with Gasteiger partial charge in [-0.15, -0.1) is 0 Å². The zero-order valence-corrected chi connectivity index (χ0v) is 15.3. The highest BCUT2D eigenvalue weighted by Gasteiger charge is 2.07. The number of ether oxygens (including phenoxy) is 1. The van der Waals surface area contributed by atoms with Gasteiger partial charge in [-0.2, -0.15) is 0 Å². The van der Waals surface area contributed by atoms with Gasteiger partial charge in [0.25, 0.3) is 0 Å². The minimum atomic E-state index is 0.666. The van der Waals surface area contributed by atoms with E-state index in [1.54, 1.807) is 7.11 Å². The molecule has 0 atom stereocenters. The van der Waals surface area contributed by atoms with Crippen LogP contribution in [0.1, 0.15) is 6.42 Å². The van der Waals surface area contributed by atoms with Crippen LogP contribution in [0, 0.1) is 0 Å². The fraction of sp³-hybridized carbons (Fsp3) is 0.200. The van der Waals surface area contributed by atoms with Gasteiger partial charge in [0.1, 0.15) is 11.6 Å². The van der Waals surface area contributed by atoms with Crippen molar-refractivity contribution in [1.82, 2.24) is 9.97 Å². The molecule has 0 fully saturated rings. The Morgan fingerprint density at radius 2 is 1.69 bits per heavy atom. The average molecular weight is 369 g/mol. The Morgan fingerprint density at radius 1 is 0.962 bits per heavy atom. The molecule has 0 amide bonds. The number of rotatable bonds is 8. The van der Waals surface area contributed by atoms with Gasteiger partial charge in [0, 0.05) is 42.6 Å². The first-order chi connectivity index (χ1) is 12.7. The molecule has 26 heavy (non-hydrogen) atoms. The van der Waals surface area contributed by atoms with Crippen molar-refractivity contribution >= 4 is 28.9 Å². The van der Waals surface area contributed by atoms with Crippen LogP contribution in [0.2, 0.25) is 5.02 Å². The molecule has 134 valence electrons. The number of benzene rings is 2. The second-order valence-corrected chi connectivity index (χ2v) is 6.17. The van der Waals surface area contributed by atoms with Gasteiger partial charge in [0.2, 0.25) is 0 Å². The molecule has 6 heteroatoms. The number of nitrogens with zero attached hydrogens (tertiary/aromatic N) is 2. The van der Waals surface area contributed by atoms with Crippen molar-refractivity contribution in [2.75, 3.05) is 30.9 Å². The number of anilines is 3. The number of methoxy groups -OCH3 is 1. The lowest BCUT2D eigenvalue weighted by molar-refractivity contribution is 0.198. The molecule has 2 aromatic carbocycles. The second kappa shape index (κ2) is 9.17. The second-order valence-electron chi connectivity index (χ2n) is 5.73. The van der Waals surface area contributed by atoms with E-state index in [0.717, 1.165) is 35.9 Å². The summed E-state index contributed by atoms with van der Waals surface area (Å²) in [6, 6.07) is 19.3.